The Hall–Kier alpha value is -4.84. The topological polar surface area (TPSA) is 36.9 Å². The van der Waals surface area contributed by atoms with E-state index in [4.69, 9.17) is 18.9 Å². The molecule has 184 valence electrons. The fourth-order valence-electron chi connectivity index (χ4n) is 3.60. The minimum absolute atomic E-state index is 0.372. The van der Waals surface area contributed by atoms with Gasteiger partial charge in [0.15, 0.2) is 0 Å². The average Bonchev–Trinajstić information content (AvgIpc) is 2.87. The third kappa shape index (κ3) is 6.24. The van der Waals surface area contributed by atoms with Crippen molar-refractivity contribution in [2.45, 2.75) is 6.92 Å². The molecule has 0 unspecified atom stereocenters. The van der Waals surface area contributed by atoms with Crippen LogP contribution in [0.2, 0.25) is 0 Å². The minimum atomic E-state index is -0.372. The first-order valence-electron chi connectivity index (χ1n) is 11.5. The molecular formula is C31H22F2O4. The summed E-state index contributed by atoms with van der Waals surface area (Å²) in [7, 11) is 0. The van der Waals surface area contributed by atoms with Crippen LogP contribution in [-0.4, -0.2) is 0 Å². The van der Waals surface area contributed by atoms with E-state index in [-0.39, 0.29) is 11.6 Å². The molecule has 37 heavy (non-hydrogen) atoms. The van der Waals surface area contributed by atoms with Crippen molar-refractivity contribution in [3.8, 4) is 46.0 Å². The molecule has 5 aromatic carbocycles. The van der Waals surface area contributed by atoms with Crippen LogP contribution >= 0.6 is 0 Å². The van der Waals surface area contributed by atoms with Crippen LogP contribution in [0.1, 0.15) is 5.56 Å². The van der Waals surface area contributed by atoms with Crippen LogP contribution in [-0.2, 0) is 0 Å². The van der Waals surface area contributed by atoms with E-state index in [0.29, 0.717) is 46.0 Å². The molecule has 0 heterocycles. The maximum absolute atomic E-state index is 13.5. The largest absolute Gasteiger partial charge is 0.457 e. The molecule has 6 heteroatoms. The zero-order valence-corrected chi connectivity index (χ0v) is 19.9. The Morgan fingerprint density at radius 1 is 0.405 bits per heavy atom. The van der Waals surface area contributed by atoms with E-state index in [1.807, 2.05) is 25.1 Å². The van der Waals surface area contributed by atoms with Crippen molar-refractivity contribution >= 4 is 0 Å². The zero-order valence-electron chi connectivity index (χ0n) is 19.9. The van der Waals surface area contributed by atoms with Crippen LogP contribution in [0, 0.1) is 18.6 Å². The first-order chi connectivity index (χ1) is 18.0. The Labute approximate surface area is 213 Å². The summed E-state index contributed by atoms with van der Waals surface area (Å²) in [6.45, 7) is 1.89. The second-order valence-electron chi connectivity index (χ2n) is 8.15. The highest BCUT2D eigenvalue weighted by atomic mass is 19.1. The third-order valence-electron chi connectivity index (χ3n) is 5.36. The molecule has 0 amide bonds. The quantitative estimate of drug-likeness (QED) is 0.214. The van der Waals surface area contributed by atoms with Crippen molar-refractivity contribution in [1.82, 2.24) is 0 Å². The SMILES string of the molecule is Cc1c(Oc2cccc(Oc3cccc(F)c3)c2)cccc1Oc1cccc(Oc2cccc(F)c2)c1. The summed E-state index contributed by atoms with van der Waals surface area (Å²) in [6.07, 6.45) is 0. The summed E-state index contributed by atoms with van der Waals surface area (Å²) in [5.74, 6) is 3.40. The Bertz CT molecular complexity index is 1420. The highest BCUT2D eigenvalue weighted by molar-refractivity contribution is 5.49. The fourth-order valence-corrected chi connectivity index (χ4v) is 3.60. The van der Waals surface area contributed by atoms with Gasteiger partial charge >= 0.3 is 0 Å². The van der Waals surface area contributed by atoms with Crippen molar-refractivity contribution in [1.29, 1.82) is 0 Å². The molecule has 0 atom stereocenters. The Kier molecular flexibility index (Phi) is 6.99. The number of rotatable bonds is 8. The van der Waals surface area contributed by atoms with Gasteiger partial charge in [-0.2, -0.15) is 0 Å². The van der Waals surface area contributed by atoms with Crippen LogP contribution in [0.25, 0.3) is 0 Å². The van der Waals surface area contributed by atoms with E-state index in [9.17, 15) is 8.78 Å². The summed E-state index contributed by atoms with van der Waals surface area (Å²) >= 11 is 0. The molecule has 0 saturated heterocycles. The highest BCUT2D eigenvalue weighted by Gasteiger charge is 2.10. The molecule has 0 bridgehead atoms. The van der Waals surface area contributed by atoms with Gasteiger partial charge in [-0.1, -0.05) is 30.3 Å². The number of benzene rings is 5. The lowest BCUT2D eigenvalue weighted by Crippen LogP contribution is -1.93. The predicted molar refractivity (Wildman–Crippen MR) is 137 cm³/mol. The minimum Gasteiger partial charge on any atom is -0.457 e. The normalized spacial score (nSPS) is 10.6. The van der Waals surface area contributed by atoms with Crippen LogP contribution in [0.5, 0.6) is 46.0 Å². The molecule has 5 rings (SSSR count). The molecule has 0 aliphatic carbocycles. The van der Waals surface area contributed by atoms with Gasteiger partial charge in [-0.05, 0) is 67.6 Å². The molecule has 5 aromatic rings. The molecule has 0 aliphatic rings. The third-order valence-corrected chi connectivity index (χ3v) is 5.36. The van der Waals surface area contributed by atoms with Crippen LogP contribution < -0.4 is 18.9 Å². The van der Waals surface area contributed by atoms with Gasteiger partial charge in [0.1, 0.15) is 57.6 Å². The van der Waals surface area contributed by atoms with Crippen molar-refractivity contribution in [3.05, 3.63) is 132 Å². The van der Waals surface area contributed by atoms with Gasteiger partial charge in [0.25, 0.3) is 0 Å². The smallest absolute Gasteiger partial charge is 0.134 e. The van der Waals surface area contributed by atoms with Gasteiger partial charge in [-0.3, -0.25) is 0 Å². The van der Waals surface area contributed by atoms with Gasteiger partial charge < -0.3 is 18.9 Å². The Balaban J connectivity index is 1.30. The van der Waals surface area contributed by atoms with E-state index in [1.54, 1.807) is 72.8 Å². The summed E-state index contributed by atoms with van der Waals surface area (Å²) in [6, 6.07) is 31.6. The van der Waals surface area contributed by atoms with E-state index >= 15 is 0 Å². The lowest BCUT2D eigenvalue weighted by Gasteiger charge is -2.15. The van der Waals surface area contributed by atoms with E-state index in [0.717, 1.165) is 5.56 Å². The number of ether oxygens (including phenoxy) is 4. The fraction of sp³-hybridized carbons (Fsp3) is 0.0323. The summed E-state index contributed by atoms with van der Waals surface area (Å²) in [5.41, 5.74) is 0.787. The average molecular weight is 497 g/mol. The molecule has 0 spiro atoms. The molecule has 0 aliphatic heterocycles. The maximum Gasteiger partial charge on any atom is 0.134 e. The molecular weight excluding hydrogens is 474 g/mol. The zero-order chi connectivity index (χ0) is 25.6. The number of halogens is 2. The highest BCUT2D eigenvalue weighted by Crippen LogP contribution is 2.36. The first-order valence-corrected chi connectivity index (χ1v) is 11.5. The monoisotopic (exact) mass is 496 g/mol. The predicted octanol–water partition coefficient (Wildman–Crippen LogP) is 9.44. The molecule has 0 N–H and O–H groups in total. The van der Waals surface area contributed by atoms with Gasteiger partial charge in [-0.15, -0.1) is 0 Å². The van der Waals surface area contributed by atoms with Crippen LogP contribution in [0.15, 0.2) is 115 Å². The molecule has 0 radical (unpaired) electrons. The van der Waals surface area contributed by atoms with E-state index in [2.05, 4.69) is 0 Å². The van der Waals surface area contributed by atoms with Gasteiger partial charge in [0.2, 0.25) is 0 Å². The van der Waals surface area contributed by atoms with Gasteiger partial charge in [0, 0.05) is 29.8 Å². The van der Waals surface area contributed by atoms with Gasteiger partial charge in [-0.25, -0.2) is 8.78 Å². The van der Waals surface area contributed by atoms with E-state index < -0.39 is 0 Å². The Morgan fingerprint density at radius 3 is 1.14 bits per heavy atom. The van der Waals surface area contributed by atoms with E-state index in [1.165, 1.54) is 24.3 Å². The Morgan fingerprint density at radius 2 is 0.730 bits per heavy atom. The summed E-state index contributed by atoms with van der Waals surface area (Å²) in [4.78, 5) is 0. The second-order valence-corrected chi connectivity index (χ2v) is 8.15. The lowest BCUT2D eigenvalue weighted by molar-refractivity contribution is 0.442. The van der Waals surface area contributed by atoms with Crippen molar-refractivity contribution in [2.24, 2.45) is 0 Å². The molecule has 0 fully saturated rings. The first kappa shape index (κ1) is 23.9. The summed E-state index contributed by atoms with van der Waals surface area (Å²) < 4.78 is 50.7. The standard InChI is InChI=1S/C31H22F2O4/c1-21-30(36-28-13-4-11-26(19-28)34-24-9-2-7-22(32)17-24)15-6-16-31(21)37-29-14-5-12-27(20-29)35-25-10-3-8-23(33)18-25/h2-20H,1H3. The number of hydrogen-bond donors (Lipinski definition) is 0. The molecule has 0 saturated carbocycles. The van der Waals surface area contributed by atoms with Gasteiger partial charge in [0.05, 0.1) is 0 Å². The summed E-state index contributed by atoms with van der Waals surface area (Å²) in [5, 5.41) is 0. The van der Waals surface area contributed by atoms with Crippen molar-refractivity contribution in [2.75, 3.05) is 0 Å². The van der Waals surface area contributed by atoms with Crippen molar-refractivity contribution < 1.29 is 27.7 Å². The lowest BCUT2D eigenvalue weighted by atomic mass is 10.2. The van der Waals surface area contributed by atoms with Crippen molar-refractivity contribution in [3.63, 3.8) is 0 Å². The maximum atomic E-state index is 13.5. The molecule has 4 nitrogen and oxygen atoms in total. The van der Waals surface area contributed by atoms with Crippen LogP contribution in [0.4, 0.5) is 8.78 Å². The van der Waals surface area contributed by atoms with Crippen LogP contribution in [0.3, 0.4) is 0 Å². The molecule has 0 aromatic heterocycles. The number of hydrogen-bond acceptors (Lipinski definition) is 4. The second kappa shape index (κ2) is 10.8.